The van der Waals surface area contributed by atoms with Gasteiger partial charge in [-0.2, -0.15) is 0 Å². The minimum Gasteiger partial charge on any atom is -0.481 e. The number of carbonyl (C=O) groups excluding carboxylic acids is 1. The van der Waals surface area contributed by atoms with Gasteiger partial charge in [-0.3, -0.25) is 9.59 Å². The van der Waals surface area contributed by atoms with Gasteiger partial charge in [0.2, 0.25) is 5.91 Å². The van der Waals surface area contributed by atoms with Gasteiger partial charge in [-0.15, -0.1) is 0 Å². The number of benzene rings is 1. The van der Waals surface area contributed by atoms with Crippen molar-refractivity contribution in [3.05, 3.63) is 52.9 Å². The van der Waals surface area contributed by atoms with Crippen LogP contribution in [-0.4, -0.2) is 40.1 Å². The van der Waals surface area contributed by atoms with Crippen LogP contribution in [0.3, 0.4) is 0 Å². The number of aliphatic carboxylic acids is 1. The SMILES string of the molecule is Cc1noc(C)c1C(C)CC(=O)N1CC(C(=O)O)C(c2ccccc2)C1. The largest absolute Gasteiger partial charge is 0.481 e. The predicted octanol–water partition coefficient (Wildman–Crippen LogP) is 3.11. The van der Waals surface area contributed by atoms with E-state index in [0.29, 0.717) is 13.0 Å². The summed E-state index contributed by atoms with van der Waals surface area (Å²) < 4.78 is 5.19. The van der Waals surface area contributed by atoms with Crippen LogP contribution in [0, 0.1) is 19.8 Å². The Morgan fingerprint density at radius 3 is 2.54 bits per heavy atom. The fraction of sp³-hybridized carbons (Fsp3) is 0.450. The third-order valence-electron chi connectivity index (χ3n) is 5.28. The summed E-state index contributed by atoms with van der Waals surface area (Å²) in [6.45, 7) is 6.38. The number of aryl methyl sites for hydroxylation is 2. The summed E-state index contributed by atoms with van der Waals surface area (Å²) in [6, 6.07) is 9.57. The Labute approximate surface area is 152 Å². The van der Waals surface area contributed by atoms with Crippen molar-refractivity contribution in [2.45, 2.75) is 39.0 Å². The molecule has 138 valence electrons. The molecule has 2 heterocycles. The third-order valence-corrected chi connectivity index (χ3v) is 5.28. The van der Waals surface area contributed by atoms with Gasteiger partial charge in [0.1, 0.15) is 5.76 Å². The Morgan fingerprint density at radius 1 is 1.27 bits per heavy atom. The number of hydrogen-bond acceptors (Lipinski definition) is 4. The van der Waals surface area contributed by atoms with Crippen LogP contribution >= 0.6 is 0 Å². The van der Waals surface area contributed by atoms with Crippen LogP contribution < -0.4 is 0 Å². The average molecular weight is 356 g/mol. The lowest BCUT2D eigenvalue weighted by Crippen LogP contribution is -2.30. The Kier molecular flexibility index (Phi) is 5.11. The zero-order valence-corrected chi connectivity index (χ0v) is 15.3. The van der Waals surface area contributed by atoms with Gasteiger partial charge in [0.05, 0.1) is 11.6 Å². The van der Waals surface area contributed by atoms with Crippen LogP contribution in [0.2, 0.25) is 0 Å². The minimum atomic E-state index is -0.854. The maximum atomic E-state index is 12.8. The first-order valence-corrected chi connectivity index (χ1v) is 8.86. The van der Waals surface area contributed by atoms with Crippen molar-refractivity contribution in [2.24, 2.45) is 5.92 Å². The monoisotopic (exact) mass is 356 g/mol. The van der Waals surface area contributed by atoms with Crippen molar-refractivity contribution in [2.75, 3.05) is 13.1 Å². The molecule has 6 heteroatoms. The van der Waals surface area contributed by atoms with Crippen molar-refractivity contribution in [3.63, 3.8) is 0 Å². The van der Waals surface area contributed by atoms with E-state index in [0.717, 1.165) is 22.6 Å². The van der Waals surface area contributed by atoms with Gasteiger partial charge in [0.25, 0.3) is 0 Å². The second-order valence-electron chi connectivity index (χ2n) is 7.10. The minimum absolute atomic E-state index is 0.0206. The molecule has 2 aromatic rings. The number of carboxylic acids is 1. The van der Waals surface area contributed by atoms with E-state index < -0.39 is 11.9 Å². The zero-order chi connectivity index (χ0) is 18.8. The summed E-state index contributed by atoms with van der Waals surface area (Å²) in [5.41, 5.74) is 2.73. The van der Waals surface area contributed by atoms with E-state index in [1.165, 1.54) is 0 Å². The molecule has 1 fully saturated rings. The van der Waals surface area contributed by atoms with E-state index in [4.69, 9.17) is 4.52 Å². The van der Waals surface area contributed by atoms with Gasteiger partial charge in [-0.1, -0.05) is 42.4 Å². The molecule has 1 aliphatic heterocycles. The number of carbonyl (C=O) groups is 2. The Morgan fingerprint density at radius 2 is 1.96 bits per heavy atom. The van der Waals surface area contributed by atoms with E-state index in [9.17, 15) is 14.7 Å². The first-order chi connectivity index (χ1) is 12.4. The van der Waals surface area contributed by atoms with Gasteiger partial charge in [-0.25, -0.2) is 0 Å². The van der Waals surface area contributed by atoms with Gasteiger partial charge >= 0.3 is 5.97 Å². The number of aromatic nitrogens is 1. The zero-order valence-electron chi connectivity index (χ0n) is 15.3. The number of hydrogen-bond donors (Lipinski definition) is 1. The molecule has 1 aromatic carbocycles. The van der Waals surface area contributed by atoms with Gasteiger partial charge < -0.3 is 14.5 Å². The summed E-state index contributed by atoms with van der Waals surface area (Å²) in [4.78, 5) is 26.2. The maximum absolute atomic E-state index is 12.8. The summed E-state index contributed by atoms with van der Waals surface area (Å²) in [5, 5.41) is 13.5. The van der Waals surface area contributed by atoms with Crippen LogP contribution in [0.5, 0.6) is 0 Å². The molecule has 0 saturated carbocycles. The summed E-state index contributed by atoms with van der Waals surface area (Å²) in [5.74, 6) is -0.916. The van der Waals surface area contributed by atoms with Crippen molar-refractivity contribution >= 4 is 11.9 Å². The highest BCUT2D eigenvalue weighted by Crippen LogP contribution is 2.34. The van der Waals surface area contributed by atoms with Crippen LogP contribution in [0.25, 0.3) is 0 Å². The lowest BCUT2D eigenvalue weighted by Gasteiger charge is -2.19. The third kappa shape index (κ3) is 3.49. The lowest BCUT2D eigenvalue weighted by atomic mass is 9.89. The molecule has 1 amide bonds. The molecule has 6 nitrogen and oxygen atoms in total. The molecule has 0 radical (unpaired) electrons. The molecule has 1 saturated heterocycles. The highest BCUT2D eigenvalue weighted by atomic mass is 16.5. The normalized spacial score (nSPS) is 21.0. The predicted molar refractivity (Wildman–Crippen MR) is 95.9 cm³/mol. The molecule has 3 unspecified atom stereocenters. The second-order valence-corrected chi connectivity index (χ2v) is 7.10. The number of amides is 1. The Balaban J connectivity index is 1.73. The van der Waals surface area contributed by atoms with E-state index >= 15 is 0 Å². The van der Waals surface area contributed by atoms with Crippen LogP contribution in [0.15, 0.2) is 34.9 Å². The molecule has 1 N–H and O–H groups in total. The smallest absolute Gasteiger partial charge is 0.308 e. The van der Waals surface area contributed by atoms with Gasteiger partial charge in [0.15, 0.2) is 0 Å². The first-order valence-electron chi connectivity index (χ1n) is 8.86. The second kappa shape index (κ2) is 7.32. The molecule has 0 bridgehead atoms. The van der Waals surface area contributed by atoms with Crippen LogP contribution in [0.1, 0.15) is 47.8 Å². The van der Waals surface area contributed by atoms with E-state index in [1.54, 1.807) is 4.90 Å². The summed E-state index contributed by atoms with van der Waals surface area (Å²) >= 11 is 0. The van der Waals surface area contributed by atoms with Crippen molar-refractivity contribution in [1.29, 1.82) is 0 Å². The maximum Gasteiger partial charge on any atom is 0.308 e. The van der Waals surface area contributed by atoms with E-state index in [1.807, 2.05) is 51.1 Å². The number of rotatable bonds is 5. The van der Waals surface area contributed by atoms with Crippen molar-refractivity contribution < 1.29 is 19.2 Å². The van der Waals surface area contributed by atoms with Gasteiger partial charge in [0, 0.05) is 31.0 Å². The molecular weight excluding hydrogens is 332 g/mol. The molecule has 1 aromatic heterocycles. The Hall–Kier alpha value is -2.63. The molecule has 0 aliphatic carbocycles. The first kappa shape index (κ1) is 18.2. The fourth-order valence-corrected chi connectivity index (χ4v) is 3.98. The molecule has 3 rings (SSSR count). The van der Waals surface area contributed by atoms with E-state index in [2.05, 4.69) is 5.16 Å². The Bertz CT molecular complexity index is 780. The van der Waals surface area contributed by atoms with E-state index in [-0.39, 0.29) is 24.3 Å². The summed E-state index contributed by atoms with van der Waals surface area (Å²) in [7, 11) is 0. The number of likely N-dealkylation sites (tertiary alicyclic amines) is 1. The molecular formula is C20H24N2O4. The lowest BCUT2D eigenvalue weighted by molar-refractivity contribution is -0.141. The molecule has 26 heavy (non-hydrogen) atoms. The highest BCUT2D eigenvalue weighted by molar-refractivity contribution is 5.80. The highest BCUT2D eigenvalue weighted by Gasteiger charge is 2.40. The standard InChI is InChI=1S/C20H24N2O4/c1-12(19-13(2)21-26-14(19)3)9-18(23)22-10-16(17(11-22)20(24)25)15-7-5-4-6-8-15/h4-8,12,16-17H,9-11H2,1-3H3,(H,24,25). The van der Waals surface area contributed by atoms with Crippen molar-refractivity contribution in [3.8, 4) is 0 Å². The fourth-order valence-electron chi connectivity index (χ4n) is 3.98. The molecule has 1 aliphatic rings. The summed E-state index contributed by atoms with van der Waals surface area (Å²) in [6.07, 6.45) is 0.316. The number of nitrogens with zero attached hydrogens (tertiary/aromatic N) is 2. The molecule has 3 atom stereocenters. The number of carboxylic acid groups (broad SMARTS) is 1. The van der Waals surface area contributed by atoms with Gasteiger partial charge in [-0.05, 0) is 25.3 Å². The van der Waals surface area contributed by atoms with Crippen molar-refractivity contribution in [1.82, 2.24) is 10.1 Å². The molecule has 0 spiro atoms. The van der Waals surface area contributed by atoms with Crippen LogP contribution in [0.4, 0.5) is 0 Å². The topological polar surface area (TPSA) is 83.6 Å². The van der Waals surface area contributed by atoms with Crippen LogP contribution in [-0.2, 0) is 9.59 Å². The average Bonchev–Trinajstić information content (AvgIpc) is 3.19. The quantitative estimate of drug-likeness (QED) is 0.890.